The Morgan fingerprint density at radius 1 is 1.38 bits per heavy atom. The normalized spacial score (nSPS) is 14.7. The van der Waals surface area contributed by atoms with E-state index in [0.29, 0.717) is 11.7 Å². The summed E-state index contributed by atoms with van der Waals surface area (Å²) >= 11 is 0. The lowest BCUT2D eigenvalue weighted by atomic mass is 10.1. The number of hydrogen-bond donors (Lipinski definition) is 0. The second kappa shape index (κ2) is 4.16. The van der Waals surface area contributed by atoms with Gasteiger partial charge in [-0.05, 0) is 31.4 Å². The van der Waals surface area contributed by atoms with Gasteiger partial charge in [0.1, 0.15) is 5.75 Å². The van der Waals surface area contributed by atoms with Gasteiger partial charge in [0, 0.05) is 14.1 Å². The predicted molar refractivity (Wildman–Crippen MR) is 62.8 cm³/mol. The molecule has 1 amide bonds. The van der Waals surface area contributed by atoms with E-state index in [1.807, 2.05) is 25.1 Å². The summed E-state index contributed by atoms with van der Waals surface area (Å²) in [7, 11) is 3.51. The number of carbonyl (C=O) groups is 1. The number of rotatable bonds is 3. The molecule has 2 rings (SSSR count). The highest BCUT2D eigenvalue weighted by atomic mass is 16.5. The molecule has 0 spiro atoms. The molecule has 1 aliphatic carbocycles. The smallest absolute Gasteiger partial charge is 0.257 e. The standard InChI is InChI=1S/C13H17NO2/c1-9-5-4-6-11(13(15)14(2)3)12(9)16-10-7-8-10/h4-6,10H,7-8H2,1-3H3. The molecule has 0 bridgehead atoms. The molecule has 0 radical (unpaired) electrons. The van der Waals surface area contributed by atoms with Crippen LogP contribution in [-0.4, -0.2) is 31.0 Å². The third-order valence-corrected chi connectivity index (χ3v) is 2.66. The number of amides is 1. The van der Waals surface area contributed by atoms with Crippen LogP contribution < -0.4 is 4.74 Å². The van der Waals surface area contributed by atoms with Crippen molar-refractivity contribution in [1.82, 2.24) is 4.90 Å². The molecule has 0 N–H and O–H groups in total. The van der Waals surface area contributed by atoms with Crippen LogP contribution in [0.5, 0.6) is 5.75 Å². The zero-order chi connectivity index (χ0) is 11.7. The summed E-state index contributed by atoms with van der Waals surface area (Å²) in [6.45, 7) is 1.98. The average Bonchev–Trinajstić information content (AvgIpc) is 3.03. The lowest BCUT2D eigenvalue weighted by Crippen LogP contribution is -2.22. The highest BCUT2D eigenvalue weighted by Crippen LogP contribution is 2.32. The van der Waals surface area contributed by atoms with Crippen LogP contribution in [0.15, 0.2) is 18.2 Å². The molecule has 1 aliphatic rings. The van der Waals surface area contributed by atoms with Crippen LogP contribution >= 0.6 is 0 Å². The number of hydrogen-bond acceptors (Lipinski definition) is 2. The average molecular weight is 219 g/mol. The van der Waals surface area contributed by atoms with Crippen LogP contribution in [0.4, 0.5) is 0 Å². The van der Waals surface area contributed by atoms with Crippen molar-refractivity contribution < 1.29 is 9.53 Å². The molecule has 1 aromatic carbocycles. The fourth-order valence-corrected chi connectivity index (χ4v) is 1.57. The third kappa shape index (κ3) is 2.18. The van der Waals surface area contributed by atoms with Gasteiger partial charge in [-0.3, -0.25) is 4.79 Å². The fourth-order valence-electron chi connectivity index (χ4n) is 1.57. The first kappa shape index (κ1) is 11.0. The number of ether oxygens (including phenoxy) is 1. The first-order chi connectivity index (χ1) is 7.59. The van der Waals surface area contributed by atoms with Gasteiger partial charge in [-0.15, -0.1) is 0 Å². The van der Waals surface area contributed by atoms with Gasteiger partial charge in [0.25, 0.3) is 5.91 Å². The quantitative estimate of drug-likeness (QED) is 0.780. The second-order valence-corrected chi connectivity index (χ2v) is 4.47. The van der Waals surface area contributed by atoms with Crippen LogP contribution in [0, 0.1) is 6.92 Å². The minimum absolute atomic E-state index is 0.000602. The van der Waals surface area contributed by atoms with E-state index in [0.717, 1.165) is 24.2 Å². The topological polar surface area (TPSA) is 29.5 Å². The van der Waals surface area contributed by atoms with Crippen molar-refractivity contribution in [2.45, 2.75) is 25.9 Å². The first-order valence-corrected chi connectivity index (χ1v) is 5.57. The molecule has 0 saturated heterocycles. The lowest BCUT2D eigenvalue weighted by Gasteiger charge is -2.16. The maximum atomic E-state index is 12.0. The molecule has 1 aromatic rings. The van der Waals surface area contributed by atoms with Gasteiger partial charge in [0.15, 0.2) is 0 Å². The Balaban J connectivity index is 2.34. The minimum Gasteiger partial charge on any atom is -0.489 e. The van der Waals surface area contributed by atoms with E-state index in [9.17, 15) is 4.79 Å². The lowest BCUT2D eigenvalue weighted by molar-refractivity contribution is 0.0822. The Morgan fingerprint density at radius 2 is 2.06 bits per heavy atom. The zero-order valence-electron chi connectivity index (χ0n) is 9.99. The molecule has 1 fully saturated rings. The van der Waals surface area contributed by atoms with Crippen LogP contribution in [0.25, 0.3) is 0 Å². The van der Waals surface area contributed by atoms with E-state index < -0.39 is 0 Å². The predicted octanol–water partition coefficient (Wildman–Crippen LogP) is 2.24. The Morgan fingerprint density at radius 3 is 2.62 bits per heavy atom. The summed E-state index contributed by atoms with van der Waals surface area (Å²) in [6, 6.07) is 5.70. The Bertz CT molecular complexity index is 408. The first-order valence-electron chi connectivity index (χ1n) is 5.57. The molecule has 16 heavy (non-hydrogen) atoms. The number of benzene rings is 1. The van der Waals surface area contributed by atoms with E-state index in [1.54, 1.807) is 19.0 Å². The van der Waals surface area contributed by atoms with Gasteiger partial charge in [-0.25, -0.2) is 0 Å². The molecular formula is C13H17NO2. The van der Waals surface area contributed by atoms with Gasteiger partial charge in [0.05, 0.1) is 11.7 Å². The fraction of sp³-hybridized carbons (Fsp3) is 0.462. The Kier molecular flexibility index (Phi) is 2.86. The van der Waals surface area contributed by atoms with E-state index in [2.05, 4.69) is 0 Å². The van der Waals surface area contributed by atoms with Crippen molar-refractivity contribution in [3.8, 4) is 5.75 Å². The molecule has 0 heterocycles. The summed E-state index contributed by atoms with van der Waals surface area (Å²) in [4.78, 5) is 13.5. The maximum absolute atomic E-state index is 12.0. The van der Waals surface area contributed by atoms with Gasteiger partial charge in [-0.1, -0.05) is 12.1 Å². The Labute approximate surface area is 96.0 Å². The summed E-state index contributed by atoms with van der Waals surface area (Å²) < 4.78 is 5.81. The molecule has 0 aliphatic heterocycles. The van der Waals surface area contributed by atoms with Crippen LogP contribution in [-0.2, 0) is 0 Å². The van der Waals surface area contributed by atoms with Crippen molar-refractivity contribution in [2.24, 2.45) is 0 Å². The maximum Gasteiger partial charge on any atom is 0.257 e. The van der Waals surface area contributed by atoms with E-state index in [4.69, 9.17) is 4.74 Å². The molecule has 1 saturated carbocycles. The number of carbonyl (C=O) groups excluding carboxylic acids is 1. The van der Waals surface area contributed by atoms with Gasteiger partial charge in [0.2, 0.25) is 0 Å². The minimum atomic E-state index is -0.000602. The molecular weight excluding hydrogens is 202 g/mol. The number of nitrogens with zero attached hydrogens (tertiary/aromatic N) is 1. The SMILES string of the molecule is Cc1cccc(C(=O)N(C)C)c1OC1CC1. The van der Waals surface area contributed by atoms with Crippen molar-refractivity contribution in [1.29, 1.82) is 0 Å². The van der Waals surface area contributed by atoms with Crippen LogP contribution in [0.2, 0.25) is 0 Å². The molecule has 0 atom stereocenters. The van der Waals surface area contributed by atoms with Crippen LogP contribution in [0.1, 0.15) is 28.8 Å². The molecule has 3 heteroatoms. The monoisotopic (exact) mass is 219 g/mol. The summed E-state index contributed by atoms with van der Waals surface area (Å²) in [5.41, 5.74) is 1.69. The summed E-state index contributed by atoms with van der Waals surface area (Å²) in [6.07, 6.45) is 2.52. The molecule has 0 unspecified atom stereocenters. The highest BCUT2D eigenvalue weighted by Gasteiger charge is 2.26. The van der Waals surface area contributed by atoms with Gasteiger partial charge in [-0.2, -0.15) is 0 Å². The highest BCUT2D eigenvalue weighted by molar-refractivity contribution is 5.97. The van der Waals surface area contributed by atoms with Crippen LogP contribution in [0.3, 0.4) is 0 Å². The summed E-state index contributed by atoms with van der Waals surface area (Å²) in [5.74, 6) is 0.753. The molecule has 3 nitrogen and oxygen atoms in total. The molecule has 86 valence electrons. The zero-order valence-corrected chi connectivity index (χ0v) is 9.99. The largest absolute Gasteiger partial charge is 0.489 e. The number of aryl methyl sites for hydroxylation is 1. The second-order valence-electron chi connectivity index (χ2n) is 4.47. The van der Waals surface area contributed by atoms with Crippen molar-refractivity contribution in [3.05, 3.63) is 29.3 Å². The van der Waals surface area contributed by atoms with Crippen molar-refractivity contribution in [3.63, 3.8) is 0 Å². The summed E-state index contributed by atoms with van der Waals surface area (Å²) in [5, 5.41) is 0. The molecule has 0 aromatic heterocycles. The van der Waals surface area contributed by atoms with Crippen molar-refractivity contribution in [2.75, 3.05) is 14.1 Å². The van der Waals surface area contributed by atoms with Gasteiger partial charge >= 0.3 is 0 Å². The Hall–Kier alpha value is -1.51. The van der Waals surface area contributed by atoms with E-state index in [1.165, 1.54) is 0 Å². The van der Waals surface area contributed by atoms with Crippen molar-refractivity contribution >= 4 is 5.91 Å². The van der Waals surface area contributed by atoms with Gasteiger partial charge < -0.3 is 9.64 Å². The third-order valence-electron chi connectivity index (χ3n) is 2.66. The van der Waals surface area contributed by atoms with E-state index in [-0.39, 0.29) is 5.91 Å². The number of para-hydroxylation sites is 1. The van der Waals surface area contributed by atoms with E-state index >= 15 is 0 Å².